The normalized spacial score (nSPS) is 21.1. The molecule has 106 valence electrons. The van der Waals surface area contributed by atoms with E-state index in [2.05, 4.69) is 22.7 Å². The van der Waals surface area contributed by atoms with Crippen LogP contribution in [0.2, 0.25) is 0 Å². The van der Waals surface area contributed by atoms with Crippen molar-refractivity contribution >= 4 is 5.91 Å². The number of carbonyl (C=O) groups excluding carboxylic acids is 1. The lowest BCUT2D eigenvalue weighted by Gasteiger charge is -2.28. The maximum absolute atomic E-state index is 12.3. The molecule has 0 bridgehead atoms. The van der Waals surface area contributed by atoms with Gasteiger partial charge in [-0.3, -0.25) is 9.48 Å². The molecule has 0 spiro atoms. The van der Waals surface area contributed by atoms with Crippen LogP contribution in [0.4, 0.5) is 0 Å². The Labute approximate surface area is 114 Å². The largest absolute Gasteiger partial charge is 0.348 e. The minimum absolute atomic E-state index is 0.0206. The number of aryl methyl sites for hydroxylation is 2. The second-order valence-corrected chi connectivity index (χ2v) is 5.37. The minimum Gasteiger partial charge on any atom is -0.348 e. The molecule has 2 atom stereocenters. The standard InChI is InChI=1S/C14H24N4O/c1-4-12-8-13(18(3)17-12)14(19)16-10(2)11-6-5-7-15-9-11/h8,10-11,15H,4-7,9H2,1-3H3,(H,16,19). The molecular formula is C14H24N4O. The number of aromatic nitrogens is 2. The molecule has 1 fully saturated rings. The second-order valence-electron chi connectivity index (χ2n) is 5.37. The van der Waals surface area contributed by atoms with Crippen molar-refractivity contribution in [3.05, 3.63) is 17.5 Å². The van der Waals surface area contributed by atoms with Gasteiger partial charge in [-0.15, -0.1) is 0 Å². The smallest absolute Gasteiger partial charge is 0.269 e. The molecule has 0 radical (unpaired) electrons. The van der Waals surface area contributed by atoms with E-state index < -0.39 is 0 Å². The van der Waals surface area contributed by atoms with Gasteiger partial charge in [0.15, 0.2) is 0 Å². The van der Waals surface area contributed by atoms with Gasteiger partial charge in [0.1, 0.15) is 5.69 Å². The van der Waals surface area contributed by atoms with Gasteiger partial charge in [-0.25, -0.2) is 0 Å². The summed E-state index contributed by atoms with van der Waals surface area (Å²) in [4.78, 5) is 12.3. The maximum Gasteiger partial charge on any atom is 0.269 e. The summed E-state index contributed by atoms with van der Waals surface area (Å²) < 4.78 is 1.67. The van der Waals surface area contributed by atoms with E-state index in [1.165, 1.54) is 12.8 Å². The Hall–Kier alpha value is -1.36. The molecule has 0 aromatic carbocycles. The van der Waals surface area contributed by atoms with Gasteiger partial charge in [0.05, 0.1) is 5.69 Å². The fourth-order valence-corrected chi connectivity index (χ4v) is 2.62. The molecule has 2 rings (SSSR count). The summed E-state index contributed by atoms with van der Waals surface area (Å²) in [5, 5.41) is 10.8. The van der Waals surface area contributed by atoms with Gasteiger partial charge in [-0.2, -0.15) is 5.10 Å². The third-order valence-electron chi connectivity index (χ3n) is 3.93. The molecule has 2 N–H and O–H groups in total. The first-order valence-electron chi connectivity index (χ1n) is 7.16. The van der Waals surface area contributed by atoms with Gasteiger partial charge in [0, 0.05) is 13.1 Å². The Morgan fingerprint density at radius 1 is 1.68 bits per heavy atom. The highest BCUT2D eigenvalue weighted by atomic mass is 16.2. The van der Waals surface area contributed by atoms with Gasteiger partial charge in [0.25, 0.3) is 5.91 Å². The molecule has 0 saturated carbocycles. The number of carbonyl (C=O) groups is 1. The number of hydrogen-bond donors (Lipinski definition) is 2. The fraction of sp³-hybridized carbons (Fsp3) is 0.714. The third kappa shape index (κ3) is 3.35. The molecule has 1 amide bonds. The highest BCUT2D eigenvalue weighted by molar-refractivity contribution is 5.92. The summed E-state index contributed by atoms with van der Waals surface area (Å²) in [5.41, 5.74) is 1.60. The summed E-state index contributed by atoms with van der Waals surface area (Å²) in [5.74, 6) is 0.504. The summed E-state index contributed by atoms with van der Waals surface area (Å²) in [7, 11) is 1.82. The number of amides is 1. The lowest BCUT2D eigenvalue weighted by molar-refractivity contribution is 0.0912. The topological polar surface area (TPSA) is 59.0 Å². The first-order chi connectivity index (χ1) is 9.11. The molecule has 0 aliphatic carbocycles. The van der Waals surface area contributed by atoms with Gasteiger partial charge in [-0.05, 0) is 51.3 Å². The first-order valence-corrected chi connectivity index (χ1v) is 7.16. The van der Waals surface area contributed by atoms with E-state index in [9.17, 15) is 4.79 Å². The number of nitrogens with one attached hydrogen (secondary N) is 2. The molecule has 1 aliphatic heterocycles. The van der Waals surface area contributed by atoms with Crippen LogP contribution >= 0.6 is 0 Å². The van der Waals surface area contributed by atoms with Crippen molar-refractivity contribution in [2.24, 2.45) is 13.0 Å². The van der Waals surface area contributed by atoms with Gasteiger partial charge >= 0.3 is 0 Å². The van der Waals surface area contributed by atoms with E-state index in [1.807, 2.05) is 20.0 Å². The predicted molar refractivity (Wildman–Crippen MR) is 75.1 cm³/mol. The molecule has 2 unspecified atom stereocenters. The second kappa shape index (κ2) is 6.19. The Balaban J connectivity index is 1.97. The Kier molecular flexibility index (Phi) is 4.58. The summed E-state index contributed by atoms with van der Waals surface area (Å²) in [6, 6.07) is 2.07. The molecule has 5 nitrogen and oxygen atoms in total. The summed E-state index contributed by atoms with van der Waals surface area (Å²) in [6.45, 7) is 6.22. The zero-order valence-corrected chi connectivity index (χ0v) is 12.1. The van der Waals surface area contributed by atoms with E-state index >= 15 is 0 Å². The lowest BCUT2D eigenvalue weighted by Crippen LogP contribution is -2.44. The fourth-order valence-electron chi connectivity index (χ4n) is 2.62. The monoisotopic (exact) mass is 264 g/mol. The molecule has 2 heterocycles. The van der Waals surface area contributed by atoms with Crippen molar-refractivity contribution in [1.29, 1.82) is 0 Å². The van der Waals surface area contributed by atoms with Crippen LogP contribution in [0.5, 0.6) is 0 Å². The SMILES string of the molecule is CCc1cc(C(=O)NC(C)C2CCCNC2)n(C)n1. The van der Waals surface area contributed by atoms with Crippen molar-refractivity contribution < 1.29 is 4.79 Å². The summed E-state index contributed by atoms with van der Waals surface area (Å²) in [6.07, 6.45) is 3.22. The highest BCUT2D eigenvalue weighted by Gasteiger charge is 2.22. The predicted octanol–water partition coefficient (Wildman–Crippen LogP) is 1.10. The molecular weight excluding hydrogens is 240 g/mol. The first kappa shape index (κ1) is 14.1. The molecule has 1 aromatic rings. The zero-order chi connectivity index (χ0) is 13.8. The van der Waals surface area contributed by atoms with Crippen molar-refractivity contribution in [2.75, 3.05) is 13.1 Å². The minimum atomic E-state index is -0.0206. The Morgan fingerprint density at radius 3 is 3.05 bits per heavy atom. The Morgan fingerprint density at radius 2 is 2.47 bits per heavy atom. The van der Waals surface area contributed by atoms with Crippen molar-refractivity contribution in [1.82, 2.24) is 20.4 Å². The molecule has 1 aliphatic rings. The summed E-state index contributed by atoms with van der Waals surface area (Å²) >= 11 is 0. The van der Waals surface area contributed by atoms with Gasteiger partial charge < -0.3 is 10.6 Å². The molecule has 5 heteroatoms. The van der Waals surface area contributed by atoms with Crippen molar-refractivity contribution in [3.8, 4) is 0 Å². The number of rotatable bonds is 4. The van der Waals surface area contributed by atoms with Crippen LogP contribution in [0.15, 0.2) is 6.07 Å². The lowest BCUT2D eigenvalue weighted by atomic mass is 9.93. The van der Waals surface area contributed by atoms with E-state index in [1.54, 1.807) is 4.68 Å². The number of piperidine rings is 1. The van der Waals surface area contributed by atoms with Crippen molar-refractivity contribution in [2.45, 2.75) is 39.2 Å². The Bertz CT molecular complexity index is 435. The van der Waals surface area contributed by atoms with Gasteiger partial charge in [-0.1, -0.05) is 6.92 Å². The maximum atomic E-state index is 12.3. The average Bonchev–Trinajstić information content (AvgIpc) is 2.81. The van der Waals surface area contributed by atoms with E-state index in [0.717, 1.165) is 25.2 Å². The highest BCUT2D eigenvalue weighted by Crippen LogP contribution is 2.15. The van der Waals surface area contributed by atoms with Crippen LogP contribution in [0.3, 0.4) is 0 Å². The molecule has 1 saturated heterocycles. The third-order valence-corrected chi connectivity index (χ3v) is 3.93. The van der Waals surface area contributed by atoms with Crippen LogP contribution < -0.4 is 10.6 Å². The van der Waals surface area contributed by atoms with Crippen molar-refractivity contribution in [3.63, 3.8) is 0 Å². The van der Waals surface area contributed by atoms with E-state index in [-0.39, 0.29) is 11.9 Å². The van der Waals surface area contributed by atoms with E-state index in [0.29, 0.717) is 11.6 Å². The molecule has 1 aromatic heterocycles. The van der Waals surface area contributed by atoms with Crippen LogP contribution in [0, 0.1) is 5.92 Å². The van der Waals surface area contributed by atoms with Crippen LogP contribution in [0.25, 0.3) is 0 Å². The average molecular weight is 264 g/mol. The van der Waals surface area contributed by atoms with Crippen LogP contribution in [-0.4, -0.2) is 34.8 Å². The zero-order valence-electron chi connectivity index (χ0n) is 12.1. The number of nitrogens with zero attached hydrogens (tertiary/aromatic N) is 2. The molecule has 19 heavy (non-hydrogen) atoms. The van der Waals surface area contributed by atoms with Crippen LogP contribution in [0.1, 0.15) is 42.9 Å². The van der Waals surface area contributed by atoms with E-state index in [4.69, 9.17) is 0 Å². The van der Waals surface area contributed by atoms with Gasteiger partial charge in [0.2, 0.25) is 0 Å². The quantitative estimate of drug-likeness (QED) is 0.856. The van der Waals surface area contributed by atoms with Crippen LogP contribution in [-0.2, 0) is 13.5 Å². The number of hydrogen-bond acceptors (Lipinski definition) is 3.